The lowest BCUT2D eigenvalue weighted by atomic mass is 9.89. The molecule has 0 bridgehead atoms. The van der Waals surface area contributed by atoms with Crippen molar-refractivity contribution >= 4 is 0 Å². The predicted molar refractivity (Wildman–Crippen MR) is 70.0 cm³/mol. The average Bonchev–Trinajstić information content (AvgIpc) is 2.64. The van der Waals surface area contributed by atoms with Crippen LogP contribution in [0.15, 0.2) is 34.0 Å². The second-order valence-electron chi connectivity index (χ2n) is 5.11. The highest BCUT2D eigenvalue weighted by Crippen LogP contribution is 2.48. The van der Waals surface area contributed by atoms with Crippen LogP contribution in [0.1, 0.15) is 32.9 Å². The van der Waals surface area contributed by atoms with E-state index >= 15 is 0 Å². The number of alkyl halides is 1. The molecule has 1 aliphatic heterocycles. The minimum atomic E-state index is -2.05. The lowest BCUT2D eigenvalue weighted by molar-refractivity contribution is -0.167. The third-order valence-corrected chi connectivity index (χ3v) is 3.64. The van der Waals surface area contributed by atoms with Crippen molar-refractivity contribution in [2.24, 2.45) is 0 Å². The van der Waals surface area contributed by atoms with Crippen molar-refractivity contribution in [2.75, 3.05) is 0 Å². The molecule has 0 amide bonds. The number of H-pyrrole nitrogens is 1. The first-order chi connectivity index (χ1) is 9.22. The number of nitrogens with zero attached hydrogens (tertiary/aromatic N) is 1. The molecule has 2 rings (SSSR count). The molecular formula is C13H17FN2O4. The van der Waals surface area contributed by atoms with Gasteiger partial charge in [0, 0.05) is 25.1 Å². The number of aromatic nitrogens is 2. The number of rotatable bonds is 3. The summed E-state index contributed by atoms with van der Waals surface area (Å²) in [5.74, 6) is -2.05. The molecule has 0 aromatic carbocycles. The van der Waals surface area contributed by atoms with Crippen LogP contribution in [0.2, 0.25) is 0 Å². The number of hydrogen-bond donors (Lipinski definition) is 2. The van der Waals surface area contributed by atoms with Gasteiger partial charge in [-0.1, -0.05) is 13.5 Å². The van der Waals surface area contributed by atoms with Crippen molar-refractivity contribution in [3.8, 4) is 0 Å². The molecule has 0 aliphatic carbocycles. The third kappa shape index (κ3) is 2.23. The van der Waals surface area contributed by atoms with Crippen LogP contribution in [-0.2, 0) is 4.74 Å². The van der Waals surface area contributed by atoms with E-state index in [-0.39, 0.29) is 18.4 Å². The number of aromatic amines is 1. The van der Waals surface area contributed by atoms with E-state index in [0.717, 1.165) is 10.6 Å². The van der Waals surface area contributed by atoms with E-state index in [1.54, 1.807) is 6.92 Å². The molecule has 1 aromatic rings. The molecule has 110 valence electrons. The van der Waals surface area contributed by atoms with E-state index in [0.29, 0.717) is 0 Å². The molecule has 1 aromatic heterocycles. The van der Waals surface area contributed by atoms with Gasteiger partial charge < -0.3 is 9.84 Å². The van der Waals surface area contributed by atoms with E-state index in [1.807, 2.05) is 4.98 Å². The fraction of sp³-hybridized carbons (Fsp3) is 0.538. The Labute approximate surface area is 114 Å². The summed E-state index contributed by atoms with van der Waals surface area (Å²) in [7, 11) is 0. The van der Waals surface area contributed by atoms with Gasteiger partial charge in [-0.25, -0.2) is 9.18 Å². The van der Waals surface area contributed by atoms with Crippen LogP contribution in [0.3, 0.4) is 0 Å². The van der Waals surface area contributed by atoms with E-state index < -0.39 is 28.9 Å². The molecule has 7 heteroatoms. The summed E-state index contributed by atoms with van der Waals surface area (Å²) in [5.41, 5.74) is -2.78. The number of ether oxygens (including phenoxy) is 1. The Balaban J connectivity index is 2.55. The fourth-order valence-electron chi connectivity index (χ4n) is 2.30. The molecule has 1 aliphatic rings. The topological polar surface area (TPSA) is 84.3 Å². The van der Waals surface area contributed by atoms with Crippen LogP contribution in [0.4, 0.5) is 4.39 Å². The van der Waals surface area contributed by atoms with Crippen molar-refractivity contribution in [3.63, 3.8) is 0 Å². The van der Waals surface area contributed by atoms with E-state index in [2.05, 4.69) is 6.58 Å². The van der Waals surface area contributed by atoms with Crippen LogP contribution >= 0.6 is 0 Å². The van der Waals surface area contributed by atoms with Gasteiger partial charge in [0.1, 0.15) is 5.60 Å². The summed E-state index contributed by atoms with van der Waals surface area (Å²) < 4.78 is 20.6. The molecule has 1 fully saturated rings. The van der Waals surface area contributed by atoms with Crippen LogP contribution in [0, 0.1) is 0 Å². The summed E-state index contributed by atoms with van der Waals surface area (Å²) >= 11 is 0. The van der Waals surface area contributed by atoms with Gasteiger partial charge in [-0.15, -0.1) is 0 Å². The lowest BCUT2D eigenvalue weighted by Gasteiger charge is -2.29. The van der Waals surface area contributed by atoms with Gasteiger partial charge in [0.05, 0.1) is 0 Å². The lowest BCUT2D eigenvalue weighted by Crippen LogP contribution is -2.42. The Bertz CT molecular complexity index is 652. The third-order valence-electron chi connectivity index (χ3n) is 3.64. The van der Waals surface area contributed by atoms with E-state index in [1.165, 1.54) is 13.1 Å². The SMILES string of the molecule is C=C(C)C1(O)CC(F)(CC)OC1n1ccc(=O)[nH]c1=O. The molecule has 6 nitrogen and oxygen atoms in total. The van der Waals surface area contributed by atoms with E-state index in [9.17, 15) is 19.1 Å². The molecule has 2 heterocycles. The molecule has 20 heavy (non-hydrogen) atoms. The molecule has 0 saturated carbocycles. The summed E-state index contributed by atoms with van der Waals surface area (Å²) in [6, 6.07) is 1.10. The second-order valence-corrected chi connectivity index (χ2v) is 5.11. The van der Waals surface area contributed by atoms with Gasteiger partial charge in [0.2, 0.25) is 5.85 Å². The van der Waals surface area contributed by atoms with Crippen molar-refractivity contribution in [3.05, 3.63) is 45.3 Å². The maximum Gasteiger partial charge on any atom is 0.330 e. The normalized spacial score (nSPS) is 33.3. The number of hydrogen-bond acceptors (Lipinski definition) is 4. The Morgan fingerprint density at radius 2 is 2.35 bits per heavy atom. The van der Waals surface area contributed by atoms with Gasteiger partial charge in [-0.3, -0.25) is 14.3 Å². The zero-order chi connectivity index (χ0) is 15.1. The predicted octanol–water partition coefficient (Wildman–Crippen LogP) is 0.838. The van der Waals surface area contributed by atoms with Crippen molar-refractivity contribution in [1.82, 2.24) is 9.55 Å². The molecular weight excluding hydrogens is 267 g/mol. The minimum Gasteiger partial charge on any atom is -0.381 e. The Morgan fingerprint density at radius 1 is 1.70 bits per heavy atom. The van der Waals surface area contributed by atoms with Gasteiger partial charge in [0.25, 0.3) is 5.56 Å². The molecule has 3 unspecified atom stereocenters. The Kier molecular flexibility index (Phi) is 3.43. The second kappa shape index (κ2) is 4.68. The van der Waals surface area contributed by atoms with Crippen molar-refractivity contribution < 1.29 is 14.2 Å². The Morgan fingerprint density at radius 3 is 2.85 bits per heavy atom. The quantitative estimate of drug-likeness (QED) is 0.805. The molecule has 0 radical (unpaired) electrons. The van der Waals surface area contributed by atoms with Crippen LogP contribution < -0.4 is 11.2 Å². The summed E-state index contributed by atoms with van der Waals surface area (Å²) in [5, 5.41) is 10.6. The highest BCUT2D eigenvalue weighted by Gasteiger charge is 2.56. The standard InChI is InChI=1S/C13H17FN2O4/c1-4-12(14)7-13(19,8(2)3)10(20-12)16-6-5-9(17)15-11(16)18/h5-6,10,19H,2,4,7H2,1,3H3,(H,15,17,18). The summed E-state index contributed by atoms with van der Waals surface area (Å²) in [6.45, 7) is 6.76. The molecule has 3 atom stereocenters. The highest BCUT2D eigenvalue weighted by molar-refractivity contribution is 5.17. The van der Waals surface area contributed by atoms with Crippen molar-refractivity contribution in [1.29, 1.82) is 0 Å². The highest BCUT2D eigenvalue weighted by atomic mass is 19.2. The molecule has 1 saturated heterocycles. The van der Waals surface area contributed by atoms with Gasteiger partial charge >= 0.3 is 5.69 Å². The zero-order valence-electron chi connectivity index (χ0n) is 11.4. The van der Waals surface area contributed by atoms with Crippen LogP contribution in [0.25, 0.3) is 0 Å². The molecule has 2 N–H and O–H groups in total. The fourth-order valence-corrected chi connectivity index (χ4v) is 2.30. The zero-order valence-corrected chi connectivity index (χ0v) is 11.4. The summed E-state index contributed by atoms with van der Waals surface area (Å²) in [4.78, 5) is 24.9. The number of halogens is 1. The maximum atomic E-state index is 14.4. The first-order valence-corrected chi connectivity index (χ1v) is 6.28. The Hall–Kier alpha value is -1.73. The summed E-state index contributed by atoms with van der Waals surface area (Å²) in [6.07, 6.45) is -0.394. The van der Waals surface area contributed by atoms with Crippen LogP contribution in [-0.4, -0.2) is 26.1 Å². The first kappa shape index (κ1) is 14.7. The average molecular weight is 284 g/mol. The molecule has 0 spiro atoms. The monoisotopic (exact) mass is 284 g/mol. The van der Waals surface area contributed by atoms with Crippen LogP contribution in [0.5, 0.6) is 0 Å². The number of aliphatic hydroxyl groups is 1. The minimum absolute atomic E-state index is 0.0250. The maximum absolute atomic E-state index is 14.4. The first-order valence-electron chi connectivity index (χ1n) is 6.28. The van der Waals surface area contributed by atoms with Crippen molar-refractivity contribution in [2.45, 2.75) is 44.4 Å². The van der Waals surface area contributed by atoms with Gasteiger partial charge in [-0.2, -0.15) is 0 Å². The van der Waals surface area contributed by atoms with Gasteiger partial charge in [-0.05, 0) is 12.5 Å². The van der Waals surface area contributed by atoms with E-state index in [4.69, 9.17) is 4.74 Å². The van der Waals surface area contributed by atoms with Gasteiger partial charge in [0.15, 0.2) is 6.23 Å². The largest absolute Gasteiger partial charge is 0.381 e. The number of nitrogens with one attached hydrogen (secondary N) is 1. The smallest absolute Gasteiger partial charge is 0.330 e.